The van der Waals surface area contributed by atoms with E-state index in [-0.39, 0.29) is 29.9 Å². The fraction of sp³-hybridized carbons (Fsp3) is 0.846. The molecule has 1 rings (SSSR count). The number of nitroso groups, excluding NO2 is 2. The normalized spacial score (nSPS) is 28.9. The molecule has 0 bridgehead atoms. The first-order valence-corrected chi connectivity index (χ1v) is 9.59. The van der Waals surface area contributed by atoms with E-state index in [1.54, 1.807) is 0 Å². The zero-order valence-electron chi connectivity index (χ0n) is 16.0. The molecule has 1 heterocycles. The Balaban J connectivity index is 3.00. The lowest BCUT2D eigenvalue weighted by atomic mass is 9.92. The minimum atomic E-state index is -2.82. The Labute approximate surface area is 184 Å². The summed E-state index contributed by atoms with van der Waals surface area (Å²) in [5.74, 6) is -0.331. The highest BCUT2D eigenvalue weighted by Crippen LogP contribution is 2.30. The first-order valence-electron chi connectivity index (χ1n) is 8.52. The van der Waals surface area contributed by atoms with Gasteiger partial charge in [-0.15, -0.1) is 33.0 Å². The third-order valence-electron chi connectivity index (χ3n) is 4.11. The van der Waals surface area contributed by atoms with Gasteiger partial charge in [0.1, 0.15) is 18.3 Å². The zero-order chi connectivity index (χ0) is 23.8. The van der Waals surface area contributed by atoms with Crippen LogP contribution in [0.5, 0.6) is 0 Å². The number of carbonyl (C=O) groups excluding carboxylic acids is 2. The van der Waals surface area contributed by atoms with Crippen LogP contribution in [0.4, 0.5) is 9.59 Å². The molecule has 6 N–H and O–H groups in total. The molecule has 1 unspecified atom stereocenters. The lowest BCUT2D eigenvalue weighted by Crippen LogP contribution is -2.76. The maximum atomic E-state index is 12.1. The number of urea groups is 2. The van der Waals surface area contributed by atoms with Gasteiger partial charge >= 0.3 is 12.1 Å². The second kappa shape index (κ2) is 12.2. The van der Waals surface area contributed by atoms with Crippen molar-refractivity contribution in [3.05, 3.63) is 9.81 Å². The van der Waals surface area contributed by atoms with Crippen LogP contribution in [0.3, 0.4) is 0 Å². The fourth-order valence-electron chi connectivity index (χ4n) is 2.57. The van der Waals surface area contributed by atoms with Crippen LogP contribution in [0.1, 0.15) is 0 Å². The van der Waals surface area contributed by atoms with E-state index >= 15 is 0 Å². The molecule has 0 aromatic rings. The highest BCUT2D eigenvalue weighted by molar-refractivity contribution is 6.18. The fourth-order valence-corrected chi connectivity index (χ4v) is 2.89. The van der Waals surface area contributed by atoms with Crippen molar-refractivity contribution in [2.75, 3.05) is 32.0 Å². The average molecular weight is 493 g/mol. The predicted molar refractivity (Wildman–Crippen MR) is 102 cm³/mol. The third kappa shape index (κ3) is 6.30. The number of hydrogen-bond acceptors (Lipinski definition) is 12. The zero-order valence-corrected chi connectivity index (χ0v) is 17.5. The lowest BCUT2D eigenvalue weighted by Gasteiger charge is -2.48. The van der Waals surface area contributed by atoms with E-state index < -0.39 is 48.6 Å². The summed E-state index contributed by atoms with van der Waals surface area (Å²) in [6.07, 6.45) is -10.2. The van der Waals surface area contributed by atoms with Crippen molar-refractivity contribution in [1.82, 2.24) is 20.7 Å². The molecule has 1 aliphatic rings. The second-order valence-corrected chi connectivity index (χ2v) is 6.80. The van der Waals surface area contributed by atoms with Crippen molar-refractivity contribution in [2.45, 2.75) is 36.6 Å². The minimum absolute atomic E-state index is 0.147. The largest absolute Gasteiger partial charge is 0.387 e. The molecule has 178 valence electrons. The van der Waals surface area contributed by atoms with E-state index in [0.29, 0.717) is 5.01 Å². The van der Waals surface area contributed by atoms with Gasteiger partial charge in [-0.3, -0.25) is 0 Å². The molecule has 18 heteroatoms. The van der Waals surface area contributed by atoms with Crippen molar-refractivity contribution < 1.29 is 39.5 Å². The summed E-state index contributed by atoms with van der Waals surface area (Å²) < 4.78 is 10.0. The summed E-state index contributed by atoms with van der Waals surface area (Å²) in [6.45, 7) is -0.641. The molecule has 1 aliphatic heterocycles. The van der Waals surface area contributed by atoms with Crippen molar-refractivity contribution in [3.8, 4) is 0 Å². The third-order valence-corrected chi connectivity index (χ3v) is 4.45. The van der Waals surface area contributed by atoms with Gasteiger partial charge in [0, 0.05) is 18.9 Å². The summed E-state index contributed by atoms with van der Waals surface area (Å²) in [4.78, 5) is 45.4. The number of halogens is 2. The summed E-state index contributed by atoms with van der Waals surface area (Å²) in [5.41, 5.74) is -2.82. The van der Waals surface area contributed by atoms with Crippen LogP contribution in [0.2, 0.25) is 0 Å². The Bertz CT molecular complexity index is 644. The van der Waals surface area contributed by atoms with Gasteiger partial charge in [0.25, 0.3) is 0 Å². The van der Waals surface area contributed by atoms with Gasteiger partial charge in [-0.2, -0.15) is 10.0 Å². The molecule has 0 aromatic carbocycles. The molecule has 6 atom stereocenters. The quantitative estimate of drug-likeness (QED) is 0.0846. The smallest absolute Gasteiger partial charge is 0.342 e. The Morgan fingerprint density at radius 1 is 1.16 bits per heavy atom. The monoisotopic (exact) mass is 492 g/mol. The molecular weight excluding hydrogens is 471 g/mol. The van der Waals surface area contributed by atoms with Crippen LogP contribution in [-0.4, -0.2) is 111 Å². The van der Waals surface area contributed by atoms with Crippen LogP contribution >= 0.6 is 23.2 Å². The molecular formula is C13H22Cl2N6O10. The van der Waals surface area contributed by atoms with Gasteiger partial charge in [0.2, 0.25) is 12.0 Å². The van der Waals surface area contributed by atoms with Crippen LogP contribution in [0.15, 0.2) is 10.6 Å². The van der Waals surface area contributed by atoms with Gasteiger partial charge in [-0.25, -0.2) is 9.59 Å². The van der Waals surface area contributed by atoms with E-state index in [2.05, 4.69) is 10.6 Å². The van der Waals surface area contributed by atoms with Gasteiger partial charge in [-0.05, 0) is 0 Å². The van der Waals surface area contributed by atoms with Crippen LogP contribution < -0.4 is 10.6 Å². The maximum absolute atomic E-state index is 12.1. The molecule has 1 fully saturated rings. The average Bonchev–Trinajstić information content (AvgIpc) is 2.74. The van der Waals surface area contributed by atoms with E-state index in [1.807, 2.05) is 10.6 Å². The molecule has 0 saturated carbocycles. The Morgan fingerprint density at radius 2 is 1.68 bits per heavy atom. The number of alkyl halides is 2. The molecule has 0 aliphatic carbocycles. The number of aliphatic hydroxyl groups excluding tert-OH is 3. The molecule has 4 amide bonds. The topological polar surface area (TPSA) is 223 Å². The molecule has 0 spiro atoms. The number of carbonyl (C=O) groups is 2. The minimum Gasteiger partial charge on any atom is -0.387 e. The highest BCUT2D eigenvalue weighted by Gasteiger charge is 2.58. The van der Waals surface area contributed by atoms with Gasteiger partial charge in [0.15, 0.2) is 6.23 Å². The molecule has 1 saturated heterocycles. The van der Waals surface area contributed by atoms with Gasteiger partial charge < -0.3 is 40.5 Å². The maximum Gasteiger partial charge on any atom is 0.342 e. The number of hydrogen-bond donors (Lipinski definition) is 6. The van der Waals surface area contributed by atoms with Crippen molar-refractivity contribution in [3.63, 3.8) is 0 Å². The number of nitrogens with one attached hydrogen (secondary N) is 2. The van der Waals surface area contributed by atoms with Crippen LogP contribution in [0, 0.1) is 9.81 Å². The number of methoxy groups -OCH3 is 1. The second-order valence-electron chi connectivity index (χ2n) is 6.04. The molecule has 16 nitrogen and oxygen atoms in total. The summed E-state index contributed by atoms with van der Waals surface area (Å²) in [5, 5.41) is 50.7. The van der Waals surface area contributed by atoms with E-state index in [1.165, 1.54) is 0 Å². The van der Waals surface area contributed by atoms with Crippen molar-refractivity contribution >= 4 is 35.3 Å². The lowest BCUT2D eigenvalue weighted by molar-refractivity contribution is -0.349. The first-order chi connectivity index (χ1) is 14.6. The Hall–Kier alpha value is -1.92. The van der Waals surface area contributed by atoms with E-state index in [0.717, 1.165) is 7.11 Å². The molecule has 31 heavy (non-hydrogen) atoms. The summed E-state index contributed by atoms with van der Waals surface area (Å²) >= 11 is 10.8. The van der Waals surface area contributed by atoms with Gasteiger partial charge in [-0.1, -0.05) is 0 Å². The van der Waals surface area contributed by atoms with E-state index in [4.69, 9.17) is 32.7 Å². The summed E-state index contributed by atoms with van der Waals surface area (Å²) in [7, 11) is 0.987. The number of rotatable bonds is 10. The SMILES string of the molecule is CO[C@@H]1O[C@H](C(O)NC(=O)N(CCCl)N=O)[C@@H](O)[C@H](O)[C@]1(O)NC(=O)N(CCCl)N=O. The van der Waals surface area contributed by atoms with E-state index in [9.17, 15) is 39.8 Å². The van der Waals surface area contributed by atoms with Crippen LogP contribution in [-0.2, 0) is 9.47 Å². The number of amides is 4. The van der Waals surface area contributed by atoms with Crippen molar-refractivity contribution in [2.24, 2.45) is 10.6 Å². The molecule has 0 aromatic heterocycles. The van der Waals surface area contributed by atoms with Gasteiger partial charge in [0.05, 0.1) is 23.7 Å². The predicted octanol–water partition coefficient (Wildman–Crippen LogP) is -2.05. The number of nitrogens with zero attached hydrogens (tertiary/aromatic N) is 4. The Morgan fingerprint density at radius 3 is 2.13 bits per heavy atom. The highest BCUT2D eigenvalue weighted by atomic mass is 35.5. The van der Waals surface area contributed by atoms with Crippen LogP contribution in [0.25, 0.3) is 0 Å². The first kappa shape index (κ1) is 27.1. The molecule has 0 radical (unpaired) electrons. The number of aliphatic hydroxyl groups is 4. The Kier molecular flexibility index (Phi) is 10.7. The number of ether oxygens (including phenoxy) is 2. The van der Waals surface area contributed by atoms with Crippen molar-refractivity contribution in [1.29, 1.82) is 0 Å². The summed E-state index contributed by atoms with van der Waals surface area (Å²) in [6, 6.07) is -2.51. The standard InChI is InChI=1S/C13H22Cl2N6O10/c1-30-10-13(27,17-12(26)21(19-29)5-3-15)8(23)6(22)7(31-10)9(24)16-11(25)20(18-28)4-2-14/h6-10,22-24,27H,2-5H2,1H3,(H,16,25)(H,17,26)/t6-,7+,8+,9?,10-,13-/m1/s1.